The topological polar surface area (TPSA) is 116 Å². The number of fused-ring (bicyclic) bond motifs is 2. The van der Waals surface area contributed by atoms with Gasteiger partial charge in [-0.3, -0.25) is 19.7 Å². The van der Waals surface area contributed by atoms with Crippen molar-refractivity contribution in [3.8, 4) is 22.6 Å². The molecule has 5 aromatic rings. The van der Waals surface area contributed by atoms with Crippen molar-refractivity contribution < 1.29 is 4.79 Å². The van der Waals surface area contributed by atoms with Gasteiger partial charge in [-0.05, 0) is 54.7 Å². The number of amides is 1. The van der Waals surface area contributed by atoms with E-state index in [1.807, 2.05) is 42.5 Å². The Kier molecular flexibility index (Phi) is 4.50. The van der Waals surface area contributed by atoms with Crippen molar-refractivity contribution in [2.24, 2.45) is 5.92 Å². The molecule has 0 radical (unpaired) electrons. The Morgan fingerprint density at radius 2 is 1.88 bits per heavy atom. The first-order chi connectivity index (χ1) is 16.1. The maximum Gasteiger partial charge on any atom is 0.281 e. The number of nitrogens with zero attached hydrogens (tertiary/aromatic N) is 3. The molecular weight excluding hydrogens is 416 g/mol. The highest BCUT2D eigenvalue weighted by Gasteiger charge is 2.24. The van der Waals surface area contributed by atoms with E-state index < -0.39 is 0 Å². The van der Waals surface area contributed by atoms with Crippen LogP contribution in [0.4, 0.5) is 5.69 Å². The van der Waals surface area contributed by atoms with Crippen LogP contribution in [0.2, 0.25) is 0 Å². The lowest BCUT2D eigenvalue weighted by atomic mass is 10.0. The molecule has 2 aromatic carbocycles. The molecule has 3 heterocycles. The second kappa shape index (κ2) is 7.67. The van der Waals surface area contributed by atoms with Gasteiger partial charge in [-0.1, -0.05) is 18.2 Å². The van der Waals surface area contributed by atoms with Crippen LogP contribution in [0.15, 0.2) is 65.7 Å². The number of aromatic amines is 2. The fourth-order valence-corrected chi connectivity index (χ4v) is 4.04. The molecule has 0 bridgehead atoms. The van der Waals surface area contributed by atoms with Gasteiger partial charge in [0.1, 0.15) is 5.69 Å². The van der Waals surface area contributed by atoms with Crippen LogP contribution in [0.3, 0.4) is 0 Å². The van der Waals surface area contributed by atoms with Gasteiger partial charge >= 0.3 is 0 Å². The van der Waals surface area contributed by atoms with E-state index in [1.165, 1.54) is 0 Å². The van der Waals surface area contributed by atoms with Gasteiger partial charge in [0.2, 0.25) is 5.91 Å². The van der Waals surface area contributed by atoms with Crippen LogP contribution in [0.1, 0.15) is 19.3 Å². The van der Waals surface area contributed by atoms with E-state index in [0.717, 1.165) is 34.9 Å². The van der Waals surface area contributed by atoms with E-state index in [9.17, 15) is 9.59 Å². The maximum absolute atomic E-state index is 12.5. The average Bonchev–Trinajstić information content (AvgIpc) is 3.53. The Balaban J connectivity index is 1.38. The monoisotopic (exact) mass is 436 g/mol. The first-order valence-corrected chi connectivity index (χ1v) is 10.9. The van der Waals surface area contributed by atoms with Gasteiger partial charge in [0.15, 0.2) is 5.82 Å². The number of para-hydroxylation sites is 1. The second-order valence-corrected chi connectivity index (χ2v) is 8.43. The van der Waals surface area contributed by atoms with Crippen LogP contribution in [0, 0.1) is 5.92 Å². The summed E-state index contributed by atoms with van der Waals surface area (Å²) in [7, 11) is 0. The van der Waals surface area contributed by atoms with Crippen molar-refractivity contribution in [3.63, 3.8) is 0 Å². The number of aromatic nitrogens is 5. The minimum atomic E-state index is -0.300. The van der Waals surface area contributed by atoms with Crippen LogP contribution in [-0.4, -0.2) is 31.1 Å². The van der Waals surface area contributed by atoms with Crippen LogP contribution in [0.5, 0.6) is 0 Å². The van der Waals surface area contributed by atoms with Crippen molar-refractivity contribution in [1.82, 2.24) is 25.1 Å². The maximum atomic E-state index is 12.5. The molecule has 0 saturated heterocycles. The van der Waals surface area contributed by atoms with E-state index in [1.54, 1.807) is 18.5 Å². The highest BCUT2D eigenvalue weighted by Crippen LogP contribution is 2.33. The third-order valence-corrected chi connectivity index (χ3v) is 5.94. The summed E-state index contributed by atoms with van der Waals surface area (Å²) in [6, 6.07) is 15.1. The lowest BCUT2D eigenvalue weighted by molar-refractivity contribution is -0.116. The van der Waals surface area contributed by atoms with Gasteiger partial charge in [0.05, 0.1) is 28.3 Å². The highest BCUT2D eigenvalue weighted by molar-refractivity contribution is 5.96. The minimum Gasteiger partial charge on any atom is -0.338 e. The molecule has 33 heavy (non-hydrogen) atoms. The number of anilines is 1. The first-order valence-electron chi connectivity index (χ1n) is 10.9. The Hall–Kier alpha value is -4.33. The standard InChI is InChI=1S/C25H20N6O2/c32-22(9-14-5-6-14)27-17-10-16(12-26-13-17)15-7-8-21-19(11-15)23(31-30-21)24-28-20-4-2-1-3-18(20)25(33)29-24/h1-4,7-8,10-14H,5-6,9H2,(H,27,32)(H,30,31)(H,28,29,33). The fourth-order valence-electron chi connectivity index (χ4n) is 4.04. The molecule has 3 aromatic heterocycles. The molecule has 0 spiro atoms. The molecule has 1 amide bonds. The normalized spacial score (nSPS) is 13.5. The third kappa shape index (κ3) is 3.76. The molecular formula is C25H20N6O2. The summed E-state index contributed by atoms with van der Waals surface area (Å²) in [5.41, 5.74) is 4.26. The zero-order valence-electron chi connectivity index (χ0n) is 17.6. The lowest BCUT2D eigenvalue weighted by Gasteiger charge is -2.07. The molecule has 8 heteroatoms. The lowest BCUT2D eigenvalue weighted by Crippen LogP contribution is -2.12. The zero-order valence-corrected chi connectivity index (χ0v) is 17.6. The SMILES string of the molecule is O=C(CC1CC1)Nc1cncc(-c2ccc3[nH]nc(-c4nc(=O)c5ccccc5[nH]4)c3c2)c1. The number of benzene rings is 2. The number of hydrogen-bond donors (Lipinski definition) is 3. The minimum absolute atomic E-state index is 0.0235. The van der Waals surface area contributed by atoms with E-state index in [-0.39, 0.29) is 11.5 Å². The van der Waals surface area contributed by atoms with Gasteiger partial charge in [-0.25, -0.2) is 0 Å². The van der Waals surface area contributed by atoms with Gasteiger partial charge in [0.25, 0.3) is 5.56 Å². The van der Waals surface area contributed by atoms with Crippen LogP contribution >= 0.6 is 0 Å². The number of hydrogen-bond acceptors (Lipinski definition) is 5. The molecule has 0 unspecified atom stereocenters. The molecule has 0 aliphatic heterocycles. The fraction of sp³-hybridized carbons (Fsp3) is 0.160. The Morgan fingerprint density at radius 1 is 1.00 bits per heavy atom. The van der Waals surface area contributed by atoms with Crippen molar-refractivity contribution in [3.05, 3.63) is 71.3 Å². The predicted octanol–water partition coefficient (Wildman–Crippen LogP) is 4.27. The third-order valence-electron chi connectivity index (χ3n) is 5.94. The number of pyridine rings is 1. The van der Waals surface area contributed by atoms with Gasteiger partial charge < -0.3 is 10.3 Å². The molecule has 6 rings (SSSR count). The van der Waals surface area contributed by atoms with Gasteiger partial charge in [-0.15, -0.1) is 0 Å². The van der Waals surface area contributed by atoms with E-state index in [0.29, 0.717) is 40.4 Å². The molecule has 1 fully saturated rings. The molecule has 3 N–H and O–H groups in total. The van der Waals surface area contributed by atoms with Crippen molar-refractivity contribution in [2.75, 3.05) is 5.32 Å². The zero-order chi connectivity index (χ0) is 22.4. The Morgan fingerprint density at radius 3 is 2.76 bits per heavy atom. The first kappa shape index (κ1) is 19.4. The molecule has 1 aliphatic carbocycles. The molecule has 1 saturated carbocycles. The average molecular weight is 436 g/mol. The second-order valence-electron chi connectivity index (χ2n) is 8.43. The summed E-state index contributed by atoms with van der Waals surface area (Å²) in [4.78, 5) is 36.4. The molecule has 162 valence electrons. The van der Waals surface area contributed by atoms with E-state index >= 15 is 0 Å². The smallest absolute Gasteiger partial charge is 0.281 e. The summed E-state index contributed by atoms with van der Waals surface area (Å²) >= 11 is 0. The van der Waals surface area contributed by atoms with E-state index in [2.05, 4.69) is 30.5 Å². The summed E-state index contributed by atoms with van der Waals surface area (Å²) in [6.07, 6.45) is 6.24. The number of H-pyrrole nitrogens is 2. The van der Waals surface area contributed by atoms with Crippen LogP contribution < -0.4 is 10.9 Å². The van der Waals surface area contributed by atoms with E-state index in [4.69, 9.17) is 0 Å². The molecule has 1 aliphatic rings. The van der Waals surface area contributed by atoms with Crippen molar-refractivity contribution in [2.45, 2.75) is 19.3 Å². The highest BCUT2D eigenvalue weighted by atomic mass is 16.1. The Bertz CT molecular complexity index is 1580. The Labute approximate surface area is 188 Å². The summed E-state index contributed by atoms with van der Waals surface area (Å²) in [5, 5.41) is 11.7. The quantitative estimate of drug-likeness (QED) is 0.380. The largest absolute Gasteiger partial charge is 0.338 e. The number of carbonyl (C=O) groups is 1. The summed E-state index contributed by atoms with van der Waals surface area (Å²) in [5.74, 6) is 0.954. The summed E-state index contributed by atoms with van der Waals surface area (Å²) in [6.45, 7) is 0. The number of rotatable bonds is 5. The predicted molar refractivity (Wildman–Crippen MR) is 127 cm³/mol. The molecule has 0 atom stereocenters. The molecule has 8 nitrogen and oxygen atoms in total. The van der Waals surface area contributed by atoms with Crippen LogP contribution in [0.25, 0.3) is 44.5 Å². The summed E-state index contributed by atoms with van der Waals surface area (Å²) < 4.78 is 0. The van der Waals surface area contributed by atoms with Crippen molar-refractivity contribution in [1.29, 1.82) is 0 Å². The van der Waals surface area contributed by atoms with Gasteiger partial charge in [0, 0.05) is 23.6 Å². The van der Waals surface area contributed by atoms with Crippen molar-refractivity contribution >= 4 is 33.4 Å². The number of nitrogens with one attached hydrogen (secondary N) is 3. The number of carbonyl (C=O) groups excluding carboxylic acids is 1. The van der Waals surface area contributed by atoms with Crippen LogP contribution in [-0.2, 0) is 4.79 Å². The van der Waals surface area contributed by atoms with Gasteiger partial charge in [-0.2, -0.15) is 10.1 Å².